The Hall–Kier alpha value is -0.160. The number of methoxy groups -OCH3 is 3. The van der Waals surface area contributed by atoms with E-state index in [9.17, 15) is 0 Å². The molecule has 0 aliphatic heterocycles. The van der Waals surface area contributed by atoms with E-state index in [2.05, 4.69) is 55.4 Å². The van der Waals surface area contributed by atoms with Crippen LogP contribution in [0.5, 0.6) is 0 Å². The summed E-state index contributed by atoms with van der Waals surface area (Å²) in [4.78, 5) is 0. The van der Waals surface area contributed by atoms with Crippen molar-refractivity contribution in [1.82, 2.24) is 0 Å². The molecule has 0 aromatic carbocycles. The van der Waals surface area contributed by atoms with E-state index >= 15 is 0 Å². The van der Waals surface area contributed by atoms with Gasteiger partial charge in [0.05, 0.1) is 24.9 Å². The summed E-state index contributed by atoms with van der Waals surface area (Å²) in [6.45, 7) is 20.6. The number of ether oxygens (including phenoxy) is 4. The van der Waals surface area contributed by atoms with Crippen LogP contribution in [-0.4, -0.2) is 52.9 Å². The minimum absolute atomic E-state index is 0. The normalized spacial score (nSPS) is 9.58. The van der Waals surface area contributed by atoms with Crippen molar-refractivity contribution in [3.63, 3.8) is 0 Å². The monoisotopic (exact) mass is 541 g/mol. The first-order valence-electron chi connectivity index (χ1n) is 10.4. The minimum Gasteiger partial charge on any atom is -0.384 e. The first-order chi connectivity index (χ1) is 12.2. The van der Waals surface area contributed by atoms with Crippen LogP contribution in [0.25, 0.3) is 0 Å². The number of rotatable bonds is 10. The van der Waals surface area contributed by atoms with Gasteiger partial charge in [-0.15, -0.1) is 0 Å². The van der Waals surface area contributed by atoms with Gasteiger partial charge in [0, 0.05) is 27.9 Å². The van der Waals surface area contributed by atoms with Crippen molar-refractivity contribution in [3.05, 3.63) is 0 Å². The second-order valence-electron chi connectivity index (χ2n) is 6.92. The predicted molar refractivity (Wildman–Crippen MR) is 184 cm³/mol. The molecule has 0 heterocycles. The van der Waals surface area contributed by atoms with E-state index in [0.717, 1.165) is 19.4 Å². The van der Waals surface area contributed by atoms with Crippen molar-refractivity contribution in [1.29, 1.82) is 0 Å². The largest absolute Gasteiger partial charge is 0.384 e. The molecular formula is C32H92O4. The summed E-state index contributed by atoms with van der Waals surface area (Å²) in [5, 5.41) is 0. The molecular weight excluding hydrogens is 448 g/mol. The SMILES string of the molecule is C.C.C.C.C.C.C.C.C.C.CCC(C)OC.CCC(C)OC(C)COC.CCCC.COCC(C)C. The summed E-state index contributed by atoms with van der Waals surface area (Å²) >= 11 is 0. The second-order valence-corrected chi connectivity index (χ2v) is 6.92. The summed E-state index contributed by atoms with van der Waals surface area (Å²) < 4.78 is 20.1. The summed E-state index contributed by atoms with van der Waals surface area (Å²) in [6, 6.07) is 0. The molecule has 0 bridgehead atoms. The van der Waals surface area contributed by atoms with Crippen molar-refractivity contribution in [2.45, 2.75) is 181 Å². The maximum atomic E-state index is 5.51. The topological polar surface area (TPSA) is 36.9 Å². The van der Waals surface area contributed by atoms with Crippen LogP contribution in [0, 0.1) is 5.92 Å². The average Bonchev–Trinajstić information content (AvgIpc) is 2.62. The summed E-state index contributed by atoms with van der Waals surface area (Å²) in [5.41, 5.74) is 0. The van der Waals surface area contributed by atoms with Gasteiger partial charge in [0.1, 0.15) is 0 Å². The number of unbranched alkanes of at least 4 members (excludes halogenated alkanes) is 1. The van der Waals surface area contributed by atoms with E-state index < -0.39 is 0 Å². The molecule has 0 aliphatic carbocycles. The fourth-order valence-electron chi connectivity index (χ4n) is 1.27. The van der Waals surface area contributed by atoms with E-state index in [-0.39, 0.29) is 80.4 Å². The molecule has 0 aromatic heterocycles. The van der Waals surface area contributed by atoms with Gasteiger partial charge in [-0.25, -0.2) is 0 Å². The lowest BCUT2D eigenvalue weighted by atomic mass is 10.2. The first-order valence-corrected chi connectivity index (χ1v) is 10.4. The molecule has 0 saturated heterocycles. The highest BCUT2D eigenvalue weighted by molar-refractivity contribution is 4.51. The van der Waals surface area contributed by atoms with E-state index in [1.807, 2.05) is 6.92 Å². The lowest BCUT2D eigenvalue weighted by Gasteiger charge is -2.16. The van der Waals surface area contributed by atoms with Gasteiger partial charge in [-0.3, -0.25) is 0 Å². The quantitative estimate of drug-likeness (QED) is 0.276. The lowest BCUT2D eigenvalue weighted by molar-refractivity contribution is -0.0319. The molecule has 36 heavy (non-hydrogen) atoms. The zero-order chi connectivity index (χ0) is 21.4. The first kappa shape index (κ1) is 91.2. The smallest absolute Gasteiger partial charge is 0.0783 e. The van der Waals surface area contributed by atoms with Crippen LogP contribution in [-0.2, 0) is 18.9 Å². The molecule has 0 amide bonds. The van der Waals surface area contributed by atoms with Crippen LogP contribution in [0.1, 0.15) is 162 Å². The minimum atomic E-state index is 0. The average molecular weight is 541 g/mol. The molecule has 0 N–H and O–H groups in total. The van der Waals surface area contributed by atoms with Gasteiger partial charge in [0.15, 0.2) is 0 Å². The Morgan fingerprint density at radius 2 is 0.750 bits per heavy atom. The Morgan fingerprint density at radius 3 is 0.861 bits per heavy atom. The van der Waals surface area contributed by atoms with Gasteiger partial charge in [-0.05, 0) is 39.5 Å². The fourth-order valence-corrected chi connectivity index (χ4v) is 1.27. The molecule has 0 spiro atoms. The molecule has 4 heteroatoms. The van der Waals surface area contributed by atoms with Gasteiger partial charge in [0.25, 0.3) is 0 Å². The van der Waals surface area contributed by atoms with E-state index in [4.69, 9.17) is 18.9 Å². The highest BCUT2D eigenvalue weighted by Gasteiger charge is 2.04. The molecule has 3 unspecified atom stereocenters. The maximum absolute atomic E-state index is 5.51. The predicted octanol–water partition coefficient (Wildman–Crippen LogP) is 12.7. The summed E-state index contributed by atoms with van der Waals surface area (Å²) in [5.74, 6) is 0.676. The molecule has 0 aromatic rings. The third kappa shape index (κ3) is 129. The third-order valence-corrected chi connectivity index (χ3v) is 3.42. The van der Waals surface area contributed by atoms with Crippen molar-refractivity contribution >= 4 is 0 Å². The van der Waals surface area contributed by atoms with Crippen molar-refractivity contribution in [2.24, 2.45) is 5.92 Å². The summed E-state index contributed by atoms with van der Waals surface area (Å²) in [6.07, 6.45) is 5.82. The Bertz CT molecular complexity index is 206. The van der Waals surface area contributed by atoms with E-state index in [0.29, 0.717) is 24.7 Å². The van der Waals surface area contributed by atoms with Crippen molar-refractivity contribution < 1.29 is 18.9 Å². The highest BCUT2D eigenvalue weighted by Crippen LogP contribution is 2.01. The van der Waals surface area contributed by atoms with Crippen molar-refractivity contribution in [2.75, 3.05) is 34.5 Å². The molecule has 3 atom stereocenters. The van der Waals surface area contributed by atoms with E-state index in [1.54, 1.807) is 21.3 Å². The molecule has 4 nitrogen and oxygen atoms in total. The molecule has 0 fully saturated rings. The Morgan fingerprint density at radius 1 is 0.444 bits per heavy atom. The Balaban J connectivity index is -0.0000000142. The van der Waals surface area contributed by atoms with Crippen molar-refractivity contribution in [3.8, 4) is 0 Å². The fraction of sp³-hybridized carbons (Fsp3) is 1.00. The highest BCUT2D eigenvalue weighted by atomic mass is 16.5. The number of hydrogen-bond donors (Lipinski definition) is 0. The van der Waals surface area contributed by atoms with Gasteiger partial charge in [0.2, 0.25) is 0 Å². The van der Waals surface area contributed by atoms with Gasteiger partial charge >= 0.3 is 0 Å². The van der Waals surface area contributed by atoms with Gasteiger partial charge in [-0.1, -0.05) is 129 Å². The zero-order valence-electron chi connectivity index (χ0n) is 20.2. The molecule has 0 aliphatic rings. The van der Waals surface area contributed by atoms with Crippen LogP contribution in [0.15, 0.2) is 0 Å². The molecule has 244 valence electrons. The lowest BCUT2D eigenvalue weighted by Crippen LogP contribution is -2.20. The van der Waals surface area contributed by atoms with Crippen LogP contribution in [0.3, 0.4) is 0 Å². The maximum Gasteiger partial charge on any atom is 0.0783 e. The standard InChI is InChI=1S/C8H18O2.2C5H12O.C4H10.10CH4/c1-5-7(2)10-8(3)6-9-4;1-5(2)4-6-3;1-4-5(2)6-3;1-3-4-2;;;;;;;;;;/h7-8H,5-6H2,1-4H3;2*5H,4H2,1-3H3;3-4H2,1-2H3;10*1H4. The number of hydrogen-bond acceptors (Lipinski definition) is 4. The Labute approximate surface area is 240 Å². The second kappa shape index (κ2) is 83.6. The van der Waals surface area contributed by atoms with Crippen LogP contribution in [0.2, 0.25) is 0 Å². The van der Waals surface area contributed by atoms with Crippen LogP contribution >= 0.6 is 0 Å². The van der Waals surface area contributed by atoms with E-state index in [1.165, 1.54) is 12.8 Å². The van der Waals surface area contributed by atoms with Gasteiger partial charge in [-0.2, -0.15) is 0 Å². The molecule has 0 rings (SSSR count). The van der Waals surface area contributed by atoms with Crippen LogP contribution in [0.4, 0.5) is 0 Å². The molecule has 0 saturated carbocycles. The molecule has 0 radical (unpaired) electrons. The third-order valence-electron chi connectivity index (χ3n) is 3.42. The Kier molecular flexibility index (Phi) is 212. The zero-order valence-corrected chi connectivity index (χ0v) is 20.2. The van der Waals surface area contributed by atoms with Gasteiger partial charge < -0.3 is 18.9 Å². The summed E-state index contributed by atoms with van der Waals surface area (Å²) in [7, 11) is 5.14. The van der Waals surface area contributed by atoms with Crippen LogP contribution < -0.4 is 0 Å².